The lowest BCUT2D eigenvalue weighted by Gasteiger charge is -2.07. The molecule has 3 rings (SSSR count). The van der Waals surface area contributed by atoms with Crippen LogP contribution in [0.15, 0.2) is 59.1 Å². The molecule has 0 aliphatic heterocycles. The Balaban J connectivity index is 1.91. The average molecular weight is 366 g/mol. The lowest BCUT2D eigenvalue weighted by molar-refractivity contribution is 0.0586. The van der Waals surface area contributed by atoms with Crippen LogP contribution in [0.25, 0.3) is 0 Å². The first kappa shape index (κ1) is 18.2. The minimum Gasteiger partial charge on any atom is -0.497 e. The van der Waals surface area contributed by atoms with Gasteiger partial charge in [-0.2, -0.15) is 0 Å². The van der Waals surface area contributed by atoms with Crippen LogP contribution in [-0.2, 0) is 11.2 Å². The van der Waals surface area contributed by atoms with Gasteiger partial charge in [0.1, 0.15) is 11.3 Å². The van der Waals surface area contributed by atoms with Crippen molar-refractivity contribution in [1.82, 2.24) is 5.16 Å². The van der Waals surface area contributed by atoms with E-state index >= 15 is 0 Å². The lowest BCUT2D eigenvalue weighted by Crippen LogP contribution is -2.18. The summed E-state index contributed by atoms with van der Waals surface area (Å²) in [5.41, 5.74) is 1.36. The summed E-state index contributed by atoms with van der Waals surface area (Å²) in [7, 11) is 2.78. The Hall–Kier alpha value is -3.61. The van der Waals surface area contributed by atoms with Gasteiger partial charge in [0.2, 0.25) is 5.69 Å². The number of ether oxygens (including phenoxy) is 2. The summed E-state index contributed by atoms with van der Waals surface area (Å²) < 4.78 is 15.1. The quantitative estimate of drug-likeness (QED) is 0.673. The van der Waals surface area contributed by atoms with Crippen LogP contribution in [0.4, 0.5) is 5.69 Å². The first-order valence-corrected chi connectivity index (χ1v) is 8.18. The van der Waals surface area contributed by atoms with E-state index < -0.39 is 11.9 Å². The number of anilines is 1. The fourth-order valence-corrected chi connectivity index (χ4v) is 2.56. The van der Waals surface area contributed by atoms with Crippen molar-refractivity contribution < 1.29 is 23.6 Å². The van der Waals surface area contributed by atoms with Gasteiger partial charge in [0.25, 0.3) is 5.91 Å². The van der Waals surface area contributed by atoms with E-state index in [0.717, 1.165) is 5.56 Å². The van der Waals surface area contributed by atoms with E-state index in [1.54, 1.807) is 31.4 Å². The van der Waals surface area contributed by atoms with E-state index in [2.05, 4.69) is 10.5 Å². The number of carbonyl (C=O) groups is 2. The summed E-state index contributed by atoms with van der Waals surface area (Å²) in [4.78, 5) is 24.8. The van der Waals surface area contributed by atoms with Gasteiger partial charge in [0, 0.05) is 12.1 Å². The molecule has 1 heterocycles. The molecule has 0 aliphatic rings. The second kappa shape index (κ2) is 8.18. The highest BCUT2D eigenvalue weighted by Gasteiger charge is 2.28. The molecule has 0 spiro atoms. The highest BCUT2D eigenvalue weighted by Crippen LogP contribution is 2.22. The molecule has 0 radical (unpaired) electrons. The number of carbonyl (C=O) groups excluding carboxylic acids is 2. The van der Waals surface area contributed by atoms with Gasteiger partial charge in [-0.15, -0.1) is 0 Å². The van der Waals surface area contributed by atoms with E-state index in [9.17, 15) is 9.59 Å². The molecule has 7 heteroatoms. The molecule has 0 bridgehead atoms. The zero-order chi connectivity index (χ0) is 19.2. The molecule has 0 saturated heterocycles. The Labute approximate surface area is 155 Å². The van der Waals surface area contributed by atoms with Crippen molar-refractivity contribution in [1.29, 1.82) is 0 Å². The van der Waals surface area contributed by atoms with Crippen LogP contribution in [0.1, 0.15) is 32.2 Å². The summed E-state index contributed by atoms with van der Waals surface area (Å²) in [6.45, 7) is 0. The molecule has 0 saturated carbocycles. The van der Waals surface area contributed by atoms with Crippen LogP contribution in [-0.4, -0.2) is 31.3 Å². The number of methoxy groups -OCH3 is 2. The molecule has 0 fully saturated rings. The number of hydrogen-bond donors (Lipinski definition) is 1. The molecule has 1 N–H and O–H groups in total. The number of hydrogen-bond acceptors (Lipinski definition) is 6. The van der Waals surface area contributed by atoms with Crippen molar-refractivity contribution in [3.8, 4) is 5.75 Å². The number of nitrogens with zero attached hydrogens (tertiary/aromatic N) is 1. The van der Waals surface area contributed by atoms with Crippen LogP contribution in [0.3, 0.4) is 0 Å². The summed E-state index contributed by atoms with van der Waals surface area (Å²) >= 11 is 0. The lowest BCUT2D eigenvalue weighted by atomic mass is 10.0. The molecule has 1 aromatic heterocycles. The van der Waals surface area contributed by atoms with Crippen LogP contribution in [0, 0.1) is 0 Å². The average Bonchev–Trinajstić information content (AvgIpc) is 3.12. The number of aromatic nitrogens is 1. The van der Waals surface area contributed by atoms with Gasteiger partial charge in [0.15, 0.2) is 5.76 Å². The fraction of sp³-hybridized carbons (Fsp3) is 0.150. The topological polar surface area (TPSA) is 90.7 Å². The van der Waals surface area contributed by atoms with Crippen molar-refractivity contribution in [2.24, 2.45) is 0 Å². The molecule has 0 atom stereocenters. The normalized spacial score (nSPS) is 10.3. The third-order valence-electron chi connectivity index (χ3n) is 3.92. The Bertz CT molecular complexity index is 933. The van der Waals surface area contributed by atoms with E-state index in [4.69, 9.17) is 14.0 Å². The Morgan fingerprint density at radius 1 is 1.04 bits per heavy atom. The maximum absolute atomic E-state index is 12.8. The fourth-order valence-electron chi connectivity index (χ4n) is 2.56. The zero-order valence-corrected chi connectivity index (χ0v) is 14.9. The van der Waals surface area contributed by atoms with E-state index in [-0.39, 0.29) is 17.0 Å². The van der Waals surface area contributed by atoms with Crippen LogP contribution < -0.4 is 10.1 Å². The van der Waals surface area contributed by atoms with Crippen molar-refractivity contribution >= 4 is 17.6 Å². The first-order valence-electron chi connectivity index (χ1n) is 8.18. The maximum Gasteiger partial charge on any atom is 0.361 e. The molecule has 138 valence electrons. The molecule has 3 aromatic rings. The third-order valence-corrected chi connectivity index (χ3v) is 3.92. The van der Waals surface area contributed by atoms with Crippen molar-refractivity contribution in [3.63, 3.8) is 0 Å². The van der Waals surface area contributed by atoms with Crippen molar-refractivity contribution in [3.05, 3.63) is 77.2 Å². The molecule has 27 heavy (non-hydrogen) atoms. The summed E-state index contributed by atoms with van der Waals surface area (Å²) in [6, 6.07) is 16.3. The third kappa shape index (κ3) is 4.14. The number of esters is 1. The SMILES string of the molecule is COC(=O)c1noc(Cc2ccccc2)c1C(=O)Nc1ccc(OC)cc1. The summed E-state index contributed by atoms with van der Waals surface area (Å²) in [5, 5.41) is 6.48. The van der Waals surface area contributed by atoms with E-state index in [0.29, 0.717) is 17.9 Å². The molecule has 0 aliphatic carbocycles. The minimum absolute atomic E-state index is 0.0570. The molecular formula is C20H18N2O5. The Morgan fingerprint density at radius 3 is 2.37 bits per heavy atom. The van der Waals surface area contributed by atoms with Gasteiger partial charge in [-0.05, 0) is 29.8 Å². The highest BCUT2D eigenvalue weighted by atomic mass is 16.5. The second-order valence-electron chi connectivity index (χ2n) is 5.67. The molecular weight excluding hydrogens is 348 g/mol. The standard InChI is InChI=1S/C20H18N2O5/c1-25-15-10-8-14(9-11-15)21-19(23)17-16(12-13-6-4-3-5-7-13)27-22-18(17)20(24)26-2/h3-11H,12H2,1-2H3,(H,21,23). The summed E-state index contributed by atoms with van der Waals surface area (Å²) in [5.74, 6) is -0.295. The zero-order valence-electron chi connectivity index (χ0n) is 14.9. The monoisotopic (exact) mass is 366 g/mol. The van der Waals surface area contributed by atoms with E-state index in [1.807, 2.05) is 30.3 Å². The predicted molar refractivity (Wildman–Crippen MR) is 98.0 cm³/mol. The van der Waals surface area contributed by atoms with Gasteiger partial charge < -0.3 is 19.3 Å². The van der Waals surface area contributed by atoms with E-state index in [1.165, 1.54) is 7.11 Å². The molecule has 7 nitrogen and oxygen atoms in total. The van der Waals surface area contributed by atoms with Gasteiger partial charge >= 0.3 is 5.97 Å². The Kier molecular flexibility index (Phi) is 5.51. The first-order chi connectivity index (χ1) is 13.1. The smallest absolute Gasteiger partial charge is 0.361 e. The minimum atomic E-state index is -0.738. The molecule has 1 amide bonds. The van der Waals surface area contributed by atoms with Crippen LogP contribution in [0.5, 0.6) is 5.75 Å². The Morgan fingerprint density at radius 2 is 1.74 bits per heavy atom. The van der Waals surface area contributed by atoms with Gasteiger partial charge in [0.05, 0.1) is 14.2 Å². The number of amides is 1. The van der Waals surface area contributed by atoms with Crippen LogP contribution >= 0.6 is 0 Å². The molecule has 2 aromatic carbocycles. The van der Waals surface area contributed by atoms with Gasteiger partial charge in [-0.3, -0.25) is 4.79 Å². The molecule has 0 unspecified atom stereocenters. The highest BCUT2D eigenvalue weighted by molar-refractivity contribution is 6.10. The number of nitrogens with one attached hydrogen (secondary N) is 1. The maximum atomic E-state index is 12.8. The van der Waals surface area contributed by atoms with Crippen molar-refractivity contribution in [2.75, 3.05) is 19.5 Å². The number of rotatable bonds is 6. The predicted octanol–water partition coefficient (Wildman–Crippen LogP) is 3.31. The second-order valence-corrected chi connectivity index (χ2v) is 5.67. The largest absolute Gasteiger partial charge is 0.497 e. The van der Waals surface area contributed by atoms with Gasteiger partial charge in [-0.25, -0.2) is 4.79 Å². The summed E-state index contributed by atoms with van der Waals surface area (Å²) in [6.07, 6.45) is 0.316. The van der Waals surface area contributed by atoms with Gasteiger partial charge in [-0.1, -0.05) is 35.5 Å². The number of benzene rings is 2. The van der Waals surface area contributed by atoms with Crippen molar-refractivity contribution in [2.45, 2.75) is 6.42 Å². The van der Waals surface area contributed by atoms with Crippen LogP contribution in [0.2, 0.25) is 0 Å².